The Morgan fingerprint density at radius 1 is 1.11 bits per heavy atom. The van der Waals surface area contributed by atoms with Crippen molar-refractivity contribution in [2.24, 2.45) is 5.92 Å². The maximum atomic E-state index is 12.5. The van der Waals surface area contributed by atoms with Gasteiger partial charge in [-0.1, -0.05) is 30.3 Å². The monoisotopic (exact) mass is 386 g/mol. The van der Waals surface area contributed by atoms with Gasteiger partial charge in [0.2, 0.25) is 11.8 Å². The zero-order chi connectivity index (χ0) is 19.9. The molecule has 2 aliphatic rings. The molecule has 1 N–H and O–H groups in total. The summed E-state index contributed by atoms with van der Waals surface area (Å²) in [6, 6.07) is 11.1. The number of carbonyl (C=O) groups excluding carboxylic acids is 2. The Balaban J connectivity index is 1.44. The second-order valence-electron chi connectivity index (χ2n) is 8.17. The molecule has 3 rings (SSSR count). The molecular weight excluding hydrogens is 352 g/mol. The number of carbonyl (C=O) groups is 2. The number of piperazine rings is 1. The van der Waals surface area contributed by atoms with Gasteiger partial charge in [-0.25, -0.2) is 0 Å². The van der Waals surface area contributed by atoms with Crippen molar-refractivity contribution in [1.82, 2.24) is 20.0 Å². The minimum atomic E-state index is -0.0571. The molecule has 0 aromatic heterocycles. The molecule has 0 bridgehead atoms. The van der Waals surface area contributed by atoms with Crippen LogP contribution in [-0.2, 0) is 9.59 Å². The lowest BCUT2D eigenvalue weighted by atomic mass is 9.97. The van der Waals surface area contributed by atoms with E-state index in [2.05, 4.69) is 52.5 Å². The second kappa shape index (κ2) is 10.0. The van der Waals surface area contributed by atoms with Crippen molar-refractivity contribution in [3.8, 4) is 0 Å². The van der Waals surface area contributed by atoms with Crippen LogP contribution < -0.4 is 5.32 Å². The maximum absolute atomic E-state index is 12.5. The first kappa shape index (κ1) is 20.8. The van der Waals surface area contributed by atoms with Crippen molar-refractivity contribution < 1.29 is 9.59 Å². The van der Waals surface area contributed by atoms with Crippen molar-refractivity contribution in [3.05, 3.63) is 35.9 Å². The lowest BCUT2D eigenvalue weighted by Crippen LogP contribution is -2.48. The number of likely N-dealkylation sites (N-methyl/N-ethyl adjacent to an activating group) is 1. The quantitative estimate of drug-likeness (QED) is 0.757. The molecular formula is C22H34N4O2. The molecule has 2 aliphatic heterocycles. The van der Waals surface area contributed by atoms with Crippen LogP contribution in [0.15, 0.2) is 30.3 Å². The Bertz CT molecular complexity index is 651. The fourth-order valence-corrected chi connectivity index (χ4v) is 4.33. The minimum Gasteiger partial charge on any atom is -0.356 e. The lowest BCUT2D eigenvalue weighted by molar-refractivity contribution is -0.133. The molecule has 1 aromatic carbocycles. The molecule has 2 amide bonds. The van der Waals surface area contributed by atoms with Crippen molar-refractivity contribution in [1.29, 1.82) is 0 Å². The maximum Gasteiger partial charge on any atom is 0.224 e. The largest absolute Gasteiger partial charge is 0.356 e. The molecule has 2 fully saturated rings. The highest BCUT2D eigenvalue weighted by atomic mass is 16.2. The van der Waals surface area contributed by atoms with Gasteiger partial charge in [-0.15, -0.1) is 0 Å². The van der Waals surface area contributed by atoms with Crippen LogP contribution in [0.4, 0.5) is 0 Å². The van der Waals surface area contributed by atoms with Gasteiger partial charge in [0.05, 0.1) is 5.92 Å². The number of likely N-dealkylation sites (tertiary alicyclic amines) is 1. The fraction of sp³-hybridized carbons (Fsp3) is 0.636. The van der Waals surface area contributed by atoms with E-state index in [9.17, 15) is 9.59 Å². The highest BCUT2D eigenvalue weighted by molar-refractivity contribution is 5.80. The molecule has 6 heteroatoms. The zero-order valence-corrected chi connectivity index (χ0v) is 17.3. The summed E-state index contributed by atoms with van der Waals surface area (Å²) in [5, 5.41) is 3.10. The van der Waals surface area contributed by atoms with Gasteiger partial charge in [0.15, 0.2) is 0 Å². The van der Waals surface area contributed by atoms with Crippen LogP contribution in [0.5, 0.6) is 0 Å². The number of benzene rings is 1. The summed E-state index contributed by atoms with van der Waals surface area (Å²) in [5.74, 6) is 0.113. The van der Waals surface area contributed by atoms with Crippen LogP contribution in [-0.4, -0.2) is 79.4 Å². The van der Waals surface area contributed by atoms with E-state index < -0.39 is 0 Å². The van der Waals surface area contributed by atoms with Crippen molar-refractivity contribution in [2.45, 2.75) is 32.2 Å². The highest BCUT2D eigenvalue weighted by Gasteiger charge is 2.28. The first-order valence-electron chi connectivity index (χ1n) is 10.6. The summed E-state index contributed by atoms with van der Waals surface area (Å²) >= 11 is 0. The number of rotatable bonds is 6. The molecule has 0 saturated carbocycles. The van der Waals surface area contributed by atoms with Crippen LogP contribution in [0.3, 0.4) is 0 Å². The lowest BCUT2D eigenvalue weighted by Gasteiger charge is -2.40. The third-order valence-corrected chi connectivity index (χ3v) is 6.04. The van der Waals surface area contributed by atoms with Gasteiger partial charge in [0, 0.05) is 58.8 Å². The number of hydrogen-bond donors (Lipinski definition) is 1. The standard InChI is InChI=1S/C22H34N4O2/c1-18(27)26-12-6-10-20(16-26)22(28)23-11-7-13-25-15-14-24(2)17-21(25)19-8-4-3-5-9-19/h3-5,8-9,20-21H,6-7,10-17H2,1-2H3,(H,23,28)/t20-,21-/m0/s1. The number of piperidine rings is 1. The fourth-order valence-electron chi connectivity index (χ4n) is 4.33. The molecule has 0 unspecified atom stereocenters. The Morgan fingerprint density at radius 2 is 1.89 bits per heavy atom. The van der Waals surface area contributed by atoms with Gasteiger partial charge in [-0.05, 0) is 31.9 Å². The van der Waals surface area contributed by atoms with E-state index in [4.69, 9.17) is 0 Å². The predicted octanol–water partition coefficient (Wildman–Crippen LogP) is 1.74. The molecule has 0 radical (unpaired) electrons. The summed E-state index contributed by atoms with van der Waals surface area (Å²) in [5.41, 5.74) is 1.37. The van der Waals surface area contributed by atoms with E-state index in [0.717, 1.165) is 52.0 Å². The highest BCUT2D eigenvalue weighted by Crippen LogP contribution is 2.24. The molecule has 2 saturated heterocycles. The average Bonchev–Trinajstić information content (AvgIpc) is 2.72. The number of hydrogen-bond acceptors (Lipinski definition) is 4. The molecule has 1 aromatic rings. The first-order chi connectivity index (χ1) is 13.5. The normalized spacial score (nSPS) is 24.1. The van der Waals surface area contributed by atoms with Gasteiger partial charge in [0.25, 0.3) is 0 Å². The zero-order valence-electron chi connectivity index (χ0n) is 17.3. The molecule has 2 heterocycles. The molecule has 28 heavy (non-hydrogen) atoms. The summed E-state index contributed by atoms with van der Waals surface area (Å²) in [7, 11) is 2.18. The van der Waals surface area contributed by atoms with Crippen LogP contribution in [0.1, 0.15) is 37.8 Å². The van der Waals surface area contributed by atoms with E-state index in [1.165, 1.54) is 5.56 Å². The van der Waals surface area contributed by atoms with Gasteiger partial charge in [0.1, 0.15) is 0 Å². The van der Waals surface area contributed by atoms with Gasteiger partial charge < -0.3 is 15.1 Å². The van der Waals surface area contributed by atoms with E-state index in [1.54, 1.807) is 11.8 Å². The van der Waals surface area contributed by atoms with Gasteiger partial charge >= 0.3 is 0 Å². The smallest absolute Gasteiger partial charge is 0.224 e. The number of nitrogens with one attached hydrogen (secondary N) is 1. The van der Waals surface area contributed by atoms with E-state index >= 15 is 0 Å². The predicted molar refractivity (Wildman–Crippen MR) is 111 cm³/mol. The molecule has 6 nitrogen and oxygen atoms in total. The van der Waals surface area contributed by atoms with Crippen LogP contribution in [0.25, 0.3) is 0 Å². The van der Waals surface area contributed by atoms with E-state index in [-0.39, 0.29) is 17.7 Å². The summed E-state index contributed by atoms with van der Waals surface area (Å²) < 4.78 is 0. The molecule has 2 atom stereocenters. The Labute approximate surface area is 168 Å². The van der Waals surface area contributed by atoms with Gasteiger partial charge in [-0.3, -0.25) is 14.5 Å². The van der Waals surface area contributed by atoms with Crippen LogP contribution in [0, 0.1) is 5.92 Å². The Hall–Kier alpha value is -1.92. The van der Waals surface area contributed by atoms with Crippen LogP contribution >= 0.6 is 0 Å². The SMILES string of the molecule is CC(=O)N1CCC[C@H](C(=O)NCCCN2CCN(C)C[C@H]2c2ccccc2)C1. The third-order valence-electron chi connectivity index (χ3n) is 6.04. The summed E-state index contributed by atoms with van der Waals surface area (Å²) in [4.78, 5) is 30.8. The minimum absolute atomic E-state index is 0.0571. The van der Waals surface area contributed by atoms with Crippen molar-refractivity contribution in [3.63, 3.8) is 0 Å². The Kier molecular flexibility index (Phi) is 7.45. The van der Waals surface area contributed by atoms with Crippen molar-refractivity contribution >= 4 is 11.8 Å². The van der Waals surface area contributed by atoms with Gasteiger partial charge in [-0.2, -0.15) is 0 Å². The Morgan fingerprint density at radius 3 is 2.64 bits per heavy atom. The third kappa shape index (κ3) is 5.55. The molecule has 154 valence electrons. The number of amides is 2. The van der Waals surface area contributed by atoms with E-state index in [1.807, 2.05) is 0 Å². The molecule has 0 aliphatic carbocycles. The second-order valence-corrected chi connectivity index (χ2v) is 8.17. The molecule has 0 spiro atoms. The van der Waals surface area contributed by atoms with Crippen LogP contribution in [0.2, 0.25) is 0 Å². The average molecular weight is 387 g/mol. The first-order valence-corrected chi connectivity index (χ1v) is 10.6. The summed E-state index contributed by atoms with van der Waals surface area (Å²) in [6.07, 6.45) is 2.74. The summed E-state index contributed by atoms with van der Waals surface area (Å²) in [6.45, 7) is 7.79. The van der Waals surface area contributed by atoms with Crippen molar-refractivity contribution in [2.75, 3.05) is 52.9 Å². The number of nitrogens with zero attached hydrogens (tertiary/aromatic N) is 3. The topological polar surface area (TPSA) is 55.9 Å². The van der Waals surface area contributed by atoms with E-state index in [0.29, 0.717) is 19.1 Å².